The molecule has 0 bridgehead atoms. The first kappa shape index (κ1) is 19.3. The fourth-order valence-electron chi connectivity index (χ4n) is 4.23. The van der Waals surface area contributed by atoms with E-state index in [0.717, 1.165) is 33.2 Å². The maximum absolute atomic E-state index is 11.8. The molecule has 1 aliphatic carbocycles. The number of methoxy groups -OCH3 is 1. The number of nitrogens with two attached hydrogens (primary N) is 1. The van der Waals surface area contributed by atoms with Crippen molar-refractivity contribution in [2.45, 2.75) is 25.8 Å². The number of nitrogens with zero attached hydrogens (tertiary/aromatic N) is 4. The lowest BCUT2D eigenvalue weighted by Crippen LogP contribution is -2.33. The normalized spacial score (nSPS) is 18.1. The van der Waals surface area contributed by atoms with Crippen LogP contribution in [0.1, 0.15) is 25.8 Å². The van der Waals surface area contributed by atoms with E-state index in [1.165, 1.54) is 13.4 Å². The number of fused-ring (bicyclic) bond motifs is 2. The zero-order valence-electron chi connectivity index (χ0n) is 17.4. The molecule has 0 saturated heterocycles. The van der Waals surface area contributed by atoms with Gasteiger partial charge in [-0.05, 0) is 48.7 Å². The first-order valence-corrected chi connectivity index (χ1v) is 10.3. The lowest BCUT2D eigenvalue weighted by Gasteiger charge is -2.33. The summed E-state index contributed by atoms with van der Waals surface area (Å²) >= 11 is 0. The predicted octanol–water partition coefficient (Wildman–Crippen LogP) is 3.75. The number of aromatic nitrogens is 4. The Bertz CT molecular complexity index is 1290. The standard InChI is InChI=1S/C23H23N5O3/c1-3-31-18-7-6-13-8-15(5-4-14(13)11-18)20-19-21(24)25-12-26-22(19)28(27-20)17-9-16(10-17)23(29)30-2/h4-8,11-12,16-17H,3,9-10H2,1-2H3,(H2,24,25,26). The van der Waals surface area contributed by atoms with E-state index in [9.17, 15) is 4.79 Å². The van der Waals surface area contributed by atoms with Crippen LogP contribution in [0.5, 0.6) is 5.75 Å². The lowest BCUT2D eigenvalue weighted by molar-refractivity contribution is -0.149. The van der Waals surface area contributed by atoms with Gasteiger partial charge in [0.15, 0.2) is 5.65 Å². The Morgan fingerprint density at radius 1 is 1.16 bits per heavy atom. The van der Waals surface area contributed by atoms with Crippen molar-refractivity contribution in [2.75, 3.05) is 19.5 Å². The number of benzene rings is 2. The van der Waals surface area contributed by atoms with Gasteiger partial charge in [-0.1, -0.05) is 18.2 Å². The van der Waals surface area contributed by atoms with Gasteiger partial charge in [0.25, 0.3) is 0 Å². The van der Waals surface area contributed by atoms with E-state index in [0.29, 0.717) is 30.9 Å². The summed E-state index contributed by atoms with van der Waals surface area (Å²) in [4.78, 5) is 20.4. The van der Waals surface area contributed by atoms with Crippen LogP contribution in [0.4, 0.5) is 5.82 Å². The third-order valence-corrected chi connectivity index (χ3v) is 5.91. The molecule has 4 aromatic rings. The average molecular weight is 417 g/mol. The van der Waals surface area contributed by atoms with Crippen molar-refractivity contribution >= 4 is 33.6 Å². The molecule has 0 amide bonds. The summed E-state index contributed by atoms with van der Waals surface area (Å²) in [6.45, 7) is 2.60. The van der Waals surface area contributed by atoms with Gasteiger partial charge in [-0.25, -0.2) is 14.6 Å². The van der Waals surface area contributed by atoms with Crippen molar-refractivity contribution < 1.29 is 14.3 Å². The van der Waals surface area contributed by atoms with Crippen molar-refractivity contribution in [1.29, 1.82) is 0 Å². The summed E-state index contributed by atoms with van der Waals surface area (Å²) in [7, 11) is 1.42. The van der Waals surface area contributed by atoms with Crippen molar-refractivity contribution in [1.82, 2.24) is 19.7 Å². The van der Waals surface area contributed by atoms with Gasteiger partial charge in [-0.3, -0.25) is 4.79 Å². The highest BCUT2D eigenvalue weighted by atomic mass is 16.5. The summed E-state index contributed by atoms with van der Waals surface area (Å²) in [6.07, 6.45) is 2.79. The second kappa shape index (κ2) is 7.54. The fraction of sp³-hybridized carbons (Fsp3) is 0.304. The maximum atomic E-state index is 11.8. The monoisotopic (exact) mass is 417 g/mol. The highest BCUT2D eigenvalue weighted by Gasteiger charge is 2.38. The number of anilines is 1. The Balaban J connectivity index is 1.57. The predicted molar refractivity (Wildman–Crippen MR) is 118 cm³/mol. The topological polar surface area (TPSA) is 105 Å². The van der Waals surface area contributed by atoms with Gasteiger partial charge >= 0.3 is 5.97 Å². The van der Waals surface area contributed by atoms with Crippen LogP contribution in [0.2, 0.25) is 0 Å². The van der Waals surface area contributed by atoms with Crippen molar-refractivity contribution in [3.8, 4) is 17.0 Å². The van der Waals surface area contributed by atoms with E-state index in [1.807, 2.05) is 35.9 Å². The van der Waals surface area contributed by atoms with Crippen LogP contribution in [0.3, 0.4) is 0 Å². The molecule has 0 spiro atoms. The van der Waals surface area contributed by atoms with Crippen molar-refractivity contribution in [2.24, 2.45) is 5.92 Å². The molecule has 2 heterocycles. The first-order chi connectivity index (χ1) is 15.1. The molecule has 0 aliphatic heterocycles. The maximum Gasteiger partial charge on any atom is 0.308 e. The number of nitrogen functional groups attached to an aromatic ring is 1. The SMILES string of the molecule is CCOc1ccc2cc(-c3nn(C4CC(C(=O)OC)C4)c4ncnc(N)c34)ccc2c1. The molecule has 0 atom stereocenters. The van der Waals surface area contributed by atoms with Crippen molar-refractivity contribution in [3.63, 3.8) is 0 Å². The lowest BCUT2D eigenvalue weighted by atomic mass is 9.80. The van der Waals surface area contributed by atoms with Gasteiger partial charge in [0.05, 0.1) is 31.1 Å². The second-order valence-corrected chi connectivity index (χ2v) is 7.75. The number of carbonyl (C=O) groups is 1. The first-order valence-electron chi connectivity index (χ1n) is 10.3. The van der Waals surface area contributed by atoms with E-state index in [2.05, 4.69) is 22.1 Å². The van der Waals surface area contributed by atoms with Gasteiger partial charge in [0, 0.05) is 5.56 Å². The molecule has 158 valence electrons. The number of rotatable bonds is 5. The molecule has 8 nitrogen and oxygen atoms in total. The smallest absolute Gasteiger partial charge is 0.308 e. The van der Waals surface area contributed by atoms with Crippen LogP contribution in [-0.2, 0) is 9.53 Å². The minimum atomic E-state index is -0.178. The molecule has 0 radical (unpaired) electrons. The van der Waals surface area contributed by atoms with Crippen LogP contribution in [0.25, 0.3) is 33.1 Å². The molecule has 8 heteroatoms. The molecule has 5 rings (SSSR count). The molecule has 31 heavy (non-hydrogen) atoms. The number of esters is 1. The van der Waals surface area contributed by atoms with Gasteiger partial charge in [-0.2, -0.15) is 5.10 Å². The van der Waals surface area contributed by atoms with Gasteiger partial charge in [-0.15, -0.1) is 0 Å². The minimum absolute atomic E-state index is 0.0730. The Labute approximate surface area is 179 Å². The summed E-state index contributed by atoms with van der Waals surface area (Å²) < 4.78 is 12.3. The minimum Gasteiger partial charge on any atom is -0.494 e. The zero-order valence-corrected chi connectivity index (χ0v) is 17.4. The summed E-state index contributed by atoms with van der Waals surface area (Å²) in [6, 6.07) is 12.3. The molecule has 1 fully saturated rings. The Hall–Kier alpha value is -3.68. The van der Waals surface area contributed by atoms with Gasteiger partial charge in [0.2, 0.25) is 0 Å². The molecular formula is C23H23N5O3. The molecule has 1 aliphatic rings. The zero-order chi connectivity index (χ0) is 21.5. The molecule has 2 N–H and O–H groups in total. The van der Waals surface area contributed by atoms with Crippen LogP contribution in [0.15, 0.2) is 42.7 Å². The van der Waals surface area contributed by atoms with Crippen LogP contribution >= 0.6 is 0 Å². The summed E-state index contributed by atoms with van der Waals surface area (Å²) in [5.41, 5.74) is 8.60. The van der Waals surface area contributed by atoms with Crippen LogP contribution in [-0.4, -0.2) is 39.4 Å². The van der Waals surface area contributed by atoms with Gasteiger partial charge in [0.1, 0.15) is 23.6 Å². The molecular weight excluding hydrogens is 394 g/mol. The molecule has 2 aromatic heterocycles. The Morgan fingerprint density at radius 3 is 2.71 bits per heavy atom. The number of ether oxygens (including phenoxy) is 2. The summed E-state index contributed by atoms with van der Waals surface area (Å²) in [5, 5.41) is 7.77. The van der Waals surface area contributed by atoms with Crippen molar-refractivity contribution in [3.05, 3.63) is 42.7 Å². The molecule has 2 aromatic carbocycles. The third-order valence-electron chi connectivity index (χ3n) is 5.91. The second-order valence-electron chi connectivity index (χ2n) is 7.75. The number of hydrogen-bond donors (Lipinski definition) is 1. The largest absolute Gasteiger partial charge is 0.494 e. The van der Waals surface area contributed by atoms with E-state index >= 15 is 0 Å². The Kier molecular flexibility index (Phi) is 4.69. The highest BCUT2D eigenvalue weighted by Crippen LogP contribution is 2.42. The summed E-state index contributed by atoms with van der Waals surface area (Å²) in [5.74, 6) is 0.960. The van der Waals surface area contributed by atoms with E-state index < -0.39 is 0 Å². The number of carbonyl (C=O) groups excluding carboxylic acids is 1. The third kappa shape index (κ3) is 3.24. The average Bonchev–Trinajstić information content (AvgIpc) is 3.13. The quantitative estimate of drug-likeness (QED) is 0.493. The Morgan fingerprint density at radius 2 is 1.94 bits per heavy atom. The van der Waals surface area contributed by atoms with E-state index in [-0.39, 0.29) is 17.9 Å². The van der Waals surface area contributed by atoms with Crippen LogP contribution < -0.4 is 10.5 Å². The highest BCUT2D eigenvalue weighted by molar-refractivity contribution is 6.00. The molecule has 0 unspecified atom stereocenters. The van der Waals surface area contributed by atoms with Crippen LogP contribution in [0, 0.1) is 5.92 Å². The number of hydrogen-bond acceptors (Lipinski definition) is 7. The fourth-order valence-corrected chi connectivity index (χ4v) is 4.23. The van der Waals surface area contributed by atoms with E-state index in [1.54, 1.807) is 0 Å². The van der Waals surface area contributed by atoms with Gasteiger partial charge < -0.3 is 15.2 Å². The molecule has 1 saturated carbocycles. The van der Waals surface area contributed by atoms with E-state index in [4.69, 9.17) is 20.3 Å².